The second-order valence-corrected chi connectivity index (χ2v) is 8.18. The predicted molar refractivity (Wildman–Crippen MR) is 86.1 cm³/mol. The number of piperidine rings is 1. The van der Waals surface area contributed by atoms with Crippen molar-refractivity contribution in [1.29, 1.82) is 0 Å². The monoisotopic (exact) mass is 358 g/mol. The third-order valence-electron chi connectivity index (χ3n) is 4.43. The van der Waals surface area contributed by atoms with Crippen molar-refractivity contribution in [2.75, 3.05) is 7.11 Å². The largest absolute Gasteiger partial charge is 0.465 e. The van der Waals surface area contributed by atoms with Crippen molar-refractivity contribution in [2.45, 2.75) is 48.7 Å². The number of ether oxygens (including phenoxy) is 1. The fraction of sp³-hybridized carbons (Fsp3) is 0.533. The van der Waals surface area contributed by atoms with Crippen molar-refractivity contribution >= 4 is 27.6 Å². The first-order valence-electron chi connectivity index (χ1n) is 7.55. The van der Waals surface area contributed by atoms with Gasteiger partial charge in [-0.1, -0.05) is 11.6 Å². The van der Waals surface area contributed by atoms with Crippen molar-refractivity contribution in [3.8, 4) is 0 Å². The zero-order chi connectivity index (χ0) is 16.6. The van der Waals surface area contributed by atoms with Crippen LogP contribution in [-0.2, 0) is 14.8 Å². The molecule has 2 aliphatic rings. The van der Waals surface area contributed by atoms with Crippen LogP contribution in [0.25, 0.3) is 0 Å². The summed E-state index contributed by atoms with van der Waals surface area (Å²) < 4.78 is 32.8. The molecule has 0 aliphatic carbocycles. The standard InChI is InChI=1S/C15H19ClN2O4S/c1-22-15(19)13-5-2-9(16)6-14(13)23(20,21)18-12-7-10-3-4-11(8-12)17-10/h2,5-6,10-12,17-18H,3-4,7-8H2,1H3. The average Bonchev–Trinajstić information content (AvgIpc) is 2.85. The summed E-state index contributed by atoms with van der Waals surface area (Å²) in [5.41, 5.74) is -0.0127. The van der Waals surface area contributed by atoms with Gasteiger partial charge in [-0.15, -0.1) is 0 Å². The third kappa shape index (κ3) is 3.52. The molecule has 2 atom stereocenters. The zero-order valence-corrected chi connectivity index (χ0v) is 14.3. The van der Waals surface area contributed by atoms with Crippen molar-refractivity contribution in [1.82, 2.24) is 10.0 Å². The molecule has 2 bridgehead atoms. The van der Waals surface area contributed by atoms with Gasteiger partial charge < -0.3 is 10.1 Å². The minimum atomic E-state index is -3.85. The van der Waals surface area contributed by atoms with Crippen LogP contribution >= 0.6 is 11.6 Å². The normalized spacial score (nSPS) is 27.0. The minimum Gasteiger partial charge on any atom is -0.465 e. The lowest BCUT2D eigenvalue weighted by atomic mass is 10.0. The van der Waals surface area contributed by atoms with Gasteiger partial charge in [0.1, 0.15) is 0 Å². The van der Waals surface area contributed by atoms with E-state index in [1.54, 1.807) is 0 Å². The van der Waals surface area contributed by atoms with Gasteiger partial charge >= 0.3 is 5.97 Å². The van der Waals surface area contributed by atoms with E-state index in [4.69, 9.17) is 11.6 Å². The average molecular weight is 359 g/mol. The fourth-order valence-electron chi connectivity index (χ4n) is 3.43. The highest BCUT2D eigenvalue weighted by atomic mass is 35.5. The van der Waals surface area contributed by atoms with E-state index in [9.17, 15) is 13.2 Å². The summed E-state index contributed by atoms with van der Waals surface area (Å²) in [6, 6.07) is 4.71. The molecule has 126 valence electrons. The van der Waals surface area contributed by atoms with Crippen molar-refractivity contribution in [3.05, 3.63) is 28.8 Å². The Bertz CT molecular complexity index is 710. The molecule has 3 rings (SSSR count). The molecule has 2 aliphatic heterocycles. The molecule has 1 aromatic rings. The summed E-state index contributed by atoms with van der Waals surface area (Å²) in [5.74, 6) is -0.701. The molecule has 2 unspecified atom stereocenters. The first-order chi connectivity index (χ1) is 10.9. The Balaban J connectivity index is 1.87. The third-order valence-corrected chi connectivity index (χ3v) is 6.23. The van der Waals surface area contributed by atoms with Crippen LogP contribution in [0, 0.1) is 0 Å². The van der Waals surface area contributed by atoms with Gasteiger partial charge in [0.2, 0.25) is 10.0 Å². The molecule has 23 heavy (non-hydrogen) atoms. The lowest BCUT2D eigenvalue weighted by Crippen LogP contribution is -2.48. The van der Waals surface area contributed by atoms with E-state index >= 15 is 0 Å². The molecule has 2 heterocycles. The molecule has 0 radical (unpaired) electrons. The number of carbonyl (C=O) groups is 1. The van der Waals surface area contributed by atoms with Crippen molar-refractivity contribution in [2.24, 2.45) is 0 Å². The van der Waals surface area contributed by atoms with Gasteiger partial charge in [-0.2, -0.15) is 0 Å². The number of rotatable bonds is 4. The number of carbonyl (C=O) groups excluding carboxylic acids is 1. The lowest BCUT2D eigenvalue weighted by Gasteiger charge is -2.29. The number of hydrogen-bond acceptors (Lipinski definition) is 5. The number of methoxy groups -OCH3 is 1. The maximum atomic E-state index is 12.7. The topological polar surface area (TPSA) is 84.5 Å². The quantitative estimate of drug-likeness (QED) is 0.800. The molecular weight excluding hydrogens is 340 g/mol. The Morgan fingerprint density at radius 1 is 1.30 bits per heavy atom. The summed E-state index contributed by atoms with van der Waals surface area (Å²) in [7, 11) is -2.64. The first kappa shape index (κ1) is 16.7. The highest BCUT2D eigenvalue weighted by molar-refractivity contribution is 7.89. The summed E-state index contributed by atoms with van der Waals surface area (Å²) >= 11 is 5.92. The number of esters is 1. The number of sulfonamides is 1. The molecule has 2 saturated heterocycles. The molecule has 2 N–H and O–H groups in total. The van der Waals surface area contributed by atoms with E-state index in [0.717, 1.165) is 25.7 Å². The van der Waals surface area contributed by atoms with Gasteiger partial charge in [-0.05, 0) is 43.9 Å². The summed E-state index contributed by atoms with van der Waals surface area (Å²) in [5, 5.41) is 3.72. The van der Waals surface area contributed by atoms with E-state index in [2.05, 4.69) is 14.8 Å². The Kier molecular flexibility index (Phi) is 4.64. The molecule has 0 spiro atoms. The zero-order valence-electron chi connectivity index (χ0n) is 12.7. The van der Waals surface area contributed by atoms with E-state index in [1.807, 2.05) is 0 Å². The molecule has 6 nitrogen and oxygen atoms in total. The number of fused-ring (bicyclic) bond motifs is 2. The first-order valence-corrected chi connectivity index (χ1v) is 9.41. The van der Waals surface area contributed by atoms with Crippen molar-refractivity contribution in [3.63, 3.8) is 0 Å². The number of halogens is 1. The van der Waals surface area contributed by atoms with Crippen LogP contribution in [0.1, 0.15) is 36.0 Å². The van der Waals surface area contributed by atoms with E-state index in [0.29, 0.717) is 12.1 Å². The van der Waals surface area contributed by atoms with Crippen LogP contribution in [-0.4, -0.2) is 39.6 Å². The summed E-state index contributed by atoms with van der Waals surface area (Å²) in [4.78, 5) is 11.7. The smallest absolute Gasteiger partial charge is 0.339 e. The second kappa shape index (κ2) is 6.39. The molecular formula is C15H19ClN2O4S. The van der Waals surface area contributed by atoms with Crippen LogP contribution in [0.4, 0.5) is 0 Å². The van der Waals surface area contributed by atoms with Crippen LogP contribution in [0.15, 0.2) is 23.1 Å². The molecule has 1 aromatic carbocycles. The van der Waals surface area contributed by atoms with E-state index < -0.39 is 16.0 Å². The Morgan fingerprint density at radius 2 is 1.96 bits per heavy atom. The molecule has 2 fully saturated rings. The highest BCUT2D eigenvalue weighted by Gasteiger charge is 2.36. The maximum absolute atomic E-state index is 12.7. The Morgan fingerprint density at radius 3 is 2.57 bits per heavy atom. The second-order valence-electron chi connectivity index (χ2n) is 6.06. The lowest BCUT2D eigenvalue weighted by molar-refractivity contribution is 0.0596. The number of nitrogens with one attached hydrogen (secondary N) is 2. The van der Waals surface area contributed by atoms with Gasteiger partial charge in [-0.25, -0.2) is 17.9 Å². The highest BCUT2D eigenvalue weighted by Crippen LogP contribution is 2.29. The number of benzene rings is 1. The van der Waals surface area contributed by atoms with Crippen LogP contribution in [0.2, 0.25) is 5.02 Å². The van der Waals surface area contributed by atoms with Gasteiger partial charge in [0.25, 0.3) is 0 Å². The van der Waals surface area contributed by atoms with Crippen LogP contribution in [0.3, 0.4) is 0 Å². The van der Waals surface area contributed by atoms with E-state index in [1.165, 1.54) is 25.3 Å². The Hall–Kier alpha value is -1.15. The molecule has 8 heteroatoms. The van der Waals surface area contributed by atoms with Gasteiger partial charge in [0.15, 0.2) is 0 Å². The van der Waals surface area contributed by atoms with Crippen LogP contribution < -0.4 is 10.0 Å². The fourth-order valence-corrected chi connectivity index (χ4v) is 5.15. The van der Waals surface area contributed by atoms with Crippen molar-refractivity contribution < 1.29 is 17.9 Å². The summed E-state index contributed by atoms with van der Waals surface area (Å²) in [6.07, 6.45) is 3.66. The van der Waals surface area contributed by atoms with Gasteiger partial charge in [-0.3, -0.25) is 0 Å². The van der Waals surface area contributed by atoms with Gasteiger partial charge in [0.05, 0.1) is 17.6 Å². The van der Waals surface area contributed by atoms with Gasteiger partial charge in [0, 0.05) is 23.1 Å². The molecule has 0 amide bonds. The maximum Gasteiger partial charge on any atom is 0.339 e. The summed E-state index contributed by atoms with van der Waals surface area (Å²) in [6.45, 7) is 0. The van der Waals surface area contributed by atoms with E-state index in [-0.39, 0.29) is 21.5 Å². The molecule has 0 saturated carbocycles. The predicted octanol–water partition coefficient (Wildman–Crippen LogP) is 1.69. The Labute approximate surface area is 140 Å². The SMILES string of the molecule is COC(=O)c1ccc(Cl)cc1S(=O)(=O)NC1CC2CCC(C1)N2. The number of hydrogen-bond donors (Lipinski definition) is 2. The minimum absolute atomic E-state index is 0.0127. The van der Waals surface area contributed by atoms with Crippen LogP contribution in [0.5, 0.6) is 0 Å². The molecule has 0 aromatic heterocycles.